The molecule has 1 saturated heterocycles. The number of likely N-dealkylation sites (tertiary alicyclic amines) is 1. The molecule has 2 rings (SSSR count). The first-order valence-corrected chi connectivity index (χ1v) is 8.95. The Balaban J connectivity index is 1.73. The molecular formula is C19H29N3O2. The molecular weight excluding hydrogens is 302 g/mol. The Hall–Kier alpha value is -1.88. The Labute approximate surface area is 145 Å². The molecule has 1 aliphatic rings. The molecule has 0 aliphatic carbocycles. The van der Waals surface area contributed by atoms with E-state index < -0.39 is 0 Å². The summed E-state index contributed by atoms with van der Waals surface area (Å²) in [5.74, 6) is -0.0995. The molecule has 5 heteroatoms. The van der Waals surface area contributed by atoms with Gasteiger partial charge in [0, 0.05) is 32.6 Å². The summed E-state index contributed by atoms with van der Waals surface area (Å²) in [4.78, 5) is 28.5. The van der Waals surface area contributed by atoms with Gasteiger partial charge in [-0.05, 0) is 25.1 Å². The van der Waals surface area contributed by atoms with E-state index >= 15 is 0 Å². The van der Waals surface area contributed by atoms with Gasteiger partial charge >= 0.3 is 0 Å². The zero-order valence-electron chi connectivity index (χ0n) is 14.8. The number of carbonyl (C=O) groups is 2. The molecule has 1 heterocycles. The summed E-state index contributed by atoms with van der Waals surface area (Å²) in [5.41, 5.74) is 1.22. The number of hydrogen-bond acceptors (Lipinski definition) is 3. The standard InChI is InChI=1S/C19H29N3O2/c1-3-21(4-2)13-11-20-19(24)17-14-18(23)22(15-17)12-10-16-8-6-5-7-9-16/h5-9,17H,3-4,10-15H2,1-2H3,(H,20,24). The Morgan fingerprint density at radius 3 is 2.62 bits per heavy atom. The lowest BCUT2D eigenvalue weighted by Gasteiger charge is -2.19. The Morgan fingerprint density at radius 2 is 1.96 bits per heavy atom. The zero-order chi connectivity index (χ0) is 17.4. The summed E-state index contributed by atoms with van der Waals surface area (Å²) in [5, 5.41) is 2.98. The minimum absolute atomic E-state index is 0.0118. The van der Waals surface area contributed by atoms with E-state index in [-0.39, 0.29) is 17.7 Å². The number of hydrogen-bond donors (Lipinski definition) is 1. The van der Waals surface area contributed by atoms with Crippen LogP contribution in [0.25, 0.3) is 0 Å². The van der Waals surface area contributed by atoms with Gasteiger partial charge in [-0.15, -0.1) is 0 Å². The molecule has 1 N–H and O–H groups in total. The average molecular weight is 331 g/mol. The van der Waals surface area contributed by atoms with Crippen molar-refractivity contribution < 1.29 is 9.59 Å². The van der Waals surface area contributed by atoms with Crippen LogP contribution in [-0.2, 0) is 16.0 Å². The fourth-order valence-corrected chi connectivity index (χ4v) is 3.09. The van der Waals surface area contributed by atoms with Crippen LogP contribution in [0.5, 0.6) is 0 Å². The van der Waals surface area contributed by atoms with Crippen LogP contribution < -0.4 is 5.32 Å². The molecule has 0 saturated carbocycles. The molecule has 0 aromatic heterocycles. The van der Waals surface area contributed by atoms with Crippen LogP contribution in [0.3, 0.4) is 0 Å². The molecule has 1 atom stereocenters. The van der Waals surface area contributed by atoms with Crippen molar-refractivity contribution in [3.63, 3.8) is 0 Å². The van der Waals surface area contributed by atoms with Gasteiger partial charge in [-0.1, -0.05) is 44.2 Å². The second-order valence-electron chi connectivity index (χ2n) is 6.29. The maximum Gasteiger partial charge on any atom is 0.225 e. The van der Waals surface area contributed by atoms with Crippen molar-refractivity contribution in [1.82, 2.24) is 15.1 Å². The van der Waals surface area contributed by atoms with Crippen molar-refractivity contribution in [3.8, 4) is 0 Å². The molecule has 5 nitrogen and oxygen atoms in total. The normalized spacial score (nSPS) is 17.5. The van der Waals surface area contributed by atoms with Gasteiger partial charge < -0.3 is 15.1 Å². The van der Waals surface area contributed by atoms with Gasteiger partial charge in [0.15, 0.2) is 0 Å². The van der Waals surface area contributed by atoms with Gasteiger partial charge in [-0.2, -0.15) is 0 Å². The Bertz CT molecular complexity index is 529. The second-order valence-corrected chi connectivity index (χ2v) is 6.29. The second kappa shape index (κ2) is 9.42. The number of rotatable bonds is 9. The van der Waals surface area contributed by atoms with E-state index in [1.54, 1.807) is 0 Å². The van der Waals surface area contributed by atoms with E-state index in [1.165, 1.54) is 5.56 Å². The molecule has 1 aromatic carbocycles. The van der Waals surface area contributed by atoms with Crippen LogP contribution in [-0.4, -0.2) is 60.9 Å². The highest BCUT2D eigenvalue weighted by Crippen LogP contribution is 2.18. The Morgan fingerprint density at radius 1 is 1.25 bits per heavy atom. The molecule has 1 aromatic rings. The van der Waals surface area contributed by atoms with Crippen LogP contribution >= 0.6 is 0 Å². The molecule has 0 bridgehead atoms. The lowest BCUT2D eigenvalue weighted by Crippen LogP contribution is -2.38. The summed E-state index contributed by atoms with van der Waals surface area (Å²) in [6.07, 6.45) is 1.18. The van der Waals surface area contributed by atoms with Gasteiger partial charge in [0.1, 0.15) is 0 Å². The minimum Gasteiger partial charge on any atom is -0.355 e. The highest BCUT2D eigenvalue weighted by molar-refractivity contribution is 5.89. The van der Waals surface area contributed by atoms with Crippen molar-refractivity contribution in [2.24, 2.45) is 5.92 Å². The smallest absolute Gasteiger partial charge is 0.225 e. The van der Waals surface area contributed by atoms with E-state index in [4.69, 9.17) is 0 Å². The van der Waals surface area contributed by atoms with Gasteiger partial charge in [0.05, 0.1) is 5.92 Å². The summed E-state index contributed by atoms with van der Waals surface area (Å²) >= 11 is 0. The van der Waals surface area contributed by atoms with Crippen LogP contribution in [0.2, 0.25) is 0 Å². The van der Waals surface area contributed by atoms with Crippen LogP contribution in [0.15, 0.2) is 30.3 Å². The van der Waals surface area contributed by atoms with Crippen LogP contribution in [0.1, 0.15) is 25.8 Å². The summed E-state index contributed by atoms with van der Waals surface area (Å²) < 4.78 is 0. The Kier molecular flexibility index (Phi) is 7.25. The minimum atomic E-state index is -0.204. The van der Waals surface area contributed by atoms with Gasteiger partial charge in [-0.25, -0.2) is 0 Å². The lowest BCUT2D eigenvalue weighted by molar-refractivity contribution is -0.129. The first kappa shape index (κ1) is 18.5. The third kappa shape index (κ3) is 5.34. The van der Waals surface area contributed by atoms with Crippen molar-refractivity contribution >= 4 is 11.8 Å². The van der Waals surface area contributed by atoms with Crippen molar-refractivity contribution in [2.75, 3.05) is 39.3 Å². The molecule has 1 fully saturated rings. The zero-order valence-corrected chi connectivity index (χ0v) is 14.8. The molecule has 1 aliphatic heterocycles. The first-order chi connectivity index (χ1) is 11.6. The molecule has 24 heavy (non-hydrogen) atoms. The summed E-state index contributed by atoms with van der Waals surface area (Å²) in [7, 11) is 0. The highest BCUT2D eigenvalue weighted by atomic mass is 16.2. The van der Waals surface area contributed by atoms with Gasteiger partial charge in [-0.3, -0.25) is 9.59 Å². The van der Waals surface area contributed by atoms with Crippen LogP contribution in [0.4, 0.5) is 0 Å². The molecule has 2 amide bonds. The monoisotopic (exact) mass is 331 g/mol. The summed E-state index contributed by atoms with van der Waals surface area (Å²) in [6, 6.07) is 10.1. The number of nitrogens with one attached hydrogen (secondary N) is 1. The summed E-state index contributed by atoms with van der Waals surface area (Å²) in [6.45, 7) is 8.95. The lowest BCUT2D eigenvalue weighted by atomic mass is 10.1. The topological polar surface area (TPSA) is 52.7 Å². The van der Waals surface area contributed by atoms with Gasteiger partial charge in [0.2, 0.25) is 11.8 Å². The molecule has 132 valence electrons. The van der Waals surface area contributed by atoms with E-state index in [1.807, 2.05) is 23.1 Å². The predicted octanol–water partition coefficient (Wildman–Crippen LogP) is 1.54. The SMILES string of the molecule is CCN(CC)CCNC(=O)C1CC(=O)N(CCc2ccccc2)C1. The van der Waals surface area contributed by atoms with E-state index in [9.17, 15) is 9.59 Å². The number of nitrogens with zero attached hydrogens (tertiary/aromatic N) is 2. The van der Waals surface area contributed by atoms with Crippen LogP contribution in [0, 0.1) is 5.92 Å². The number of carbonyl (C=O) groups excluding carboxylic acids is 2. The van der Waals surface area contributed by atoms with Gasteiger partial charge in [0.25, 0.3) is 0 Å². The number of benzene rings is 1. The third-order valence-corrected chi connectivity index (χ3v) is 4.72. The fraction of sp³-hybridized carbons (Fsp3) is 0.579. The number of likely N-dealkylation sites (N-methyl/N-ethyl adjacent to an activating group) is 1. The molecule has 0 spiro atoms. The average Bonchev–Trinajstić information content (AvgIpc) is 2.98. The van der Waals surface area contributed by atoms with E-state index in [0.717, 1.165) is 26.1 Å². The third-order valence-electron chi connectivity index (χ3n) is 4.72. The van der Waals surface area contributed by atoms with Crippen molar-refractivity contribution in [1.29, 1.82) is 0 Å². The quantitative estimate of drug-likeness (QED) is 0.747. The highest BCUT2D eigenvalue weighted by Gasteiger charge is 2.33. The van der Waals surface area contributed by atoms with E-state index in [0.29, 0.717) is 26.1 Å². The molecule has 1 unspecified atom stereocenters. The van der Waals surface area contributed by atoms with Crippen molar-refractivity contribution in [2.45, 2.75) is 26.7 Å². The molecule has 0 radical (unpaired) electrons. The number of amides is 2. The maximum atomic E-state index is 12.3. The van der Waals surface area contributed by atoms with E-state index in [2.05, 4.69) is 36.2 Å². The largest absolute Gasteiger partial charge is 0.355 e. The predicted molar refractivity (Wildman–Crippen MR) is 95.6 cm³/mol. The first-order valence-electron chi connectivity index (χ1n) is 8.95. The van der Waals surface area contributed by atoms with Crippen molar-refractivity contribution in [3.05, 3.63) is 35.9 Å². The maximum absolute atomic E-state index is 12.3. The fourth-order valence-electron chi connectivity index (χ4n) is 3.09.